The van der Waals surface area contributed by atoms with Gasteiger partial charge in [0.05, 0.1) is 9.85 Å². The van der Waals surface area contributed by atoms with Crippen LogP contribution in [0.15, 0.2) is 27.8 Å². The van der Waals surface area contributed by atoms with Gasteiger partial charge in [0.15, 0.2) is 0 Å². The van der Waals surface area contributed by atoms with Crippen molar-refractivity contribution >= 4 is 35.1 Å². The molecule has 0 unspecified atom stereocenters. The number of hydrogen-bond acceptors (Lipinski definition) is 6. The van der Waals surface area contributed by atoms with Crippen molar-refractivity contribution in [1.82, 2.24) is 9.97 Å². The van der Waals surface area contributed by atoms with Crippen LogP contribution in [0.1, 0.15) is 11.3 Å². The zero-order valence-corrected chi connectivity index (χ0v) is 11.9. The molecule has 0 spiro atoms. The number of hydrogen-bond donors (Lipinski definition) is 2. The molecule has 10 nitrogen and oxygen atoms in total. The first-order valence-electron chi connectivity index (χ1n) is 5.92. The van der Waals surface area contributed by atoms with Gasteiger partial charge in [-0.25, -0.2) is 4.79 Å². The number of rotatable bonds is 4. The molecule has 1 heterocycles. The minimum atomic E-state index is -1.15. The van der Waals surface area contributed by atoms with Crippen LogP contribution in [0.3, 0.4) is 0 Å². The van der Waals surface area contributed by atoms with Crippen molar-refractivity contribution in [2.45, 2.75) is 0 Å². The maximum absolute atomic E-state index is 11.4. The summed E-state index contributed by atoms with van der Waals surface area (Å²) in [6.07, 6.45) is 2.36. The number of aromatic nitrogens is 2. The number of nitrogens with one attached hydrogen (secondary N) is 2. The van der Waals surface area contributed by atoms with Gasteiger partial charge in [-0.1, -0.05) is 23.7 Å². The van der Waals surface area contributed by atoms with Gasteiger partial charge in [0, 0.05) is 6.07 Å². The van der Waals surface area contributed by atoms with E-state index in [1.54, 1.807) is 4.98 Å². The average Bonchev–Trinajstić information content (AvgIpc) is 2.44. The summed E-state index contributed by atoms with van der Waals surface area (Å²) in [5, 5.41) is 21.6. The first kappa shape index (κ1) is 16.1. The van der Waals surface area contributed by atoms with Crippen LogP contribution in [-0.2, 0) is 0 Å². The number of nitro benzene ring substituents is 1. The SMILES string of the molecule is O=c1[nH]c(/C=C/c2ccc(Cl)c([N+](=O)[O-])c2)c([N+](=O)[O-])c(=O)[nH]1. The average molecular weight is 339 g/mol. The molecule has 0 aliphatic rings. The van der Waals surface area contributed by atoms with Crippen LogP contribution in [-0.4, -0.2) is 19.8 Å². The molecule has 0 saturated heterocycles. The summed E-state index contributed by atoms with van der Waals surface area (Å²) in [7, 11) is 0. The van der Waals surface area contributed by atoms with E-state index in [4.69, 9.17) is 11.6 Å². The Labute approximate surface area is 131 Å². The Morgan fingerprint density at radius 2 is 1.74 bits per heavy atom. The summed E-state index contributed by atoms with van der Waals surface area (Å²) in [6.45, 7) is 0. The number of aromatic amines is 2. The summed E-state index contributed by atoms with van der Waals surface area (Å²) < 4.78 is 0. The quantitative estimate of drug-likeness (QED) is 0.639. The fourth-order valence-electron chi connectivity index (χ4n) is 1.75. The fraction of sp³-hybridized carbons (Fsp3) is 0. The lowest BCUT2D eigenvalue weighted by Gasteiger charge is -1.98. The van der Waals surface area contributed by atoms with E-state index in [1.807, 2.05) is 0 Å². The van der Waals surface area contributed by atoms with Gasteiger partial charge in [0.2, 0.25) is 0 Å². The first-order chi connectivity index (χ1) is 10.8. The van der Waals surface area contributed by atoms with Crippen molar-refractivity contribution in [2.75, 3.05) is 0 Å². The molecule has 1 aromatic carbocycles. The zero-order chi connectivity index (χ0) is 17.1. The molecule has 0 bridgehead atoms. The van der Waals surface area contributed by atoms with Crippen molar-refractivity contribution < 1.29 is 9.85 Å². The molecular weight excluding hydrogens is 332 g/mol. The van der Waals surface area contributed by atoms with Crippen LogP contribution < -0.4 is 11.2 Å². The zero-order valence-electron chi connectivity index (χ0n) is 11.1. The second-order valence-corrected chi connectivity index (χ2v) is 4.64. The molecule has 11 heteroatoms. The molecule has 1 aromatic heterocycles. The van der Waals surface area contributed by atoms with Gasteiger partial charge in [-0.05, 0) is 17.7 Å². The monoisotopic (exact) mass is 338 g/mol. The third kappa shape index (κ3) is 3.49. The molecule has 0 saturated carbocycles. The van der Waals surface area contributed by atoms with Crippen LogP contribution >= 0.6 is 11.6 Å². The molecule has 2 rings (SSSR count). The first-order valence-corrected chi connectivity index (χ1v) is 6.30. The number of benzene rings is 1. The van der Waals surface area contributed by atoms with E-state index in [0.29, 0.717) is 5.56 Å². The Balaban J connectivity index is 2.51. The molecular formula is C12H7ClN4O6. The van der Waals surface area contributed by atoms with Gasteiger partial charge in [0.1, 0.15) is 10.7 Å². The summed E-state index contributed by atoms with van der Waals surface area (Å²) in [5.41, 5.74) is -3.28. The molecule has 0 aliphatic heterocycles. The molecule has 23 heavy (non-hydrogen) atoms. The van der Waals surface area contributed by atoms with Gasteiger partial charge in [-0.3, -0.25) is 30.0 Å². The predicted molar refractivity (Wildman–Crippen MR) is 81.4 cm³/mol. The third-order valence-electron chi connectivity index (χ3n) is 2.74. The Hall–Kier alpha value is -3.27. The highest BCUT2D eigenvalue weighted by atomic mass is 35.5. The Morgan fingerprint density at radius 3 is 2.35 bits per heavy atom. The van der Waals surface area contributed by atoms with Gasteiger partial charge in [-0.15, -0.1) is 0 Å². The number of nitro groups is 2. The summed E-state index contributed by atoms with van der Waals surface area (Å²) >= 11 is 5.67. The molecule has 0 amide bonds. The van der Waals surface area contributed by atoms with Gasteiger partial charge < -0.3 is 4.98 Å². The highest BCUT2D eigenvalue weighted by Gasteiger charge is 2.19. The lowest BCUT2D eigenvalue weighted by atomic mass is 10.1. The Kier molecular flexibility index (Phi) is 4.37. The van der Waals surface area contributed by atoms with Crippen molar-refractivity contribution in [2.24, 2.45) is 0 Å². The number of nitrogens with zero attached hydrogens (tertiary/aromatic N) is 2. The van der Waals surface area contributed by atoms with Gasteiger partial charge in [0.25, 0.3) is 5.69 Å². The topological polar surface area (TPSA) is 152 Å². The summed E-state index contributed by atoms with van der Waals surface area (Å²) in [4.78, 5) is 46.6. The minimum Gasteiger partial charge on any atom is -0.301 e. The fourth-order valence-corrected chi connectivity index (χ4v) is 1.94. The lowest BCUT2D eigenvalue weighted by Crippen LogP contribution is -2.25. The van der Waals surface area contributed by atoms with Gasteiger partial charge >= 0.3 is 16.9 Å². The van der Waals surface area contributed by atoms with Crippen molar-refractivity contribution in [3.63, 3.8) is 0 Å². The molecule has 0 fully saturated rings. The van der Waals surface area contributed by atoms with E-state index in [9.17, 15) is 29.8 Å². The largest absolute Gasteiger partial charge is 0.357 e. The third-order valence-corrected chi connectivity index (χ3v) is 3.06. The molecule has 118 valence electrons. The molecule has 0 radical (unpaired) electrons. The molecule has 0 aliphatic carbocycles. The van der Waals surface area contributed by atoms with Crippen molar-refractivity contribution in [3.8, 4) is 0 Å². The normalized spacial score (nSPS) is 10.8. The lowest BCUT2D eigenvalue weighted by molar-refractivity contribution is -0.386. The summed E-state index contributed by atoms with van der Waals surface area (Å²) in [5.74, 6) is 0. The summed E-state index contributed by atoms with van der Waals surface area (Å²) in [6, 6.07) is 3.87. The van der Waals surface area contributed by atoms with E-state index < -0.39 is 26.8 Å². The van der Waals surface area contributed by atoms with E-state index in [0.717, 1.165) is 12.1 Å². The highest BCUT2D eigenvalue weighted by molar-refractivity contribution is 6.32. The minimum absolute atomic E-state index is 0.0670. The van der Waals surface area contributed by atoms with E-state index in [-0.39, 0.29) is 16.4 Å². The van der Waals surface area contributed by atoms with Crippen LogP contribution in [0.25, 0.3) is 12.2 Å². The molecule has 0 atom stereocenters. The highest BCUT2D eigenvalue weighted by Crippen LogP contribution is 2.26. The van der Waals surface area contributed by atoms with Gasteiger partial charge in [-0.2, -0.15) is 0 Å². The Morgan fingerprint density at radius 1 is 1.04 bits per heavy atom. The van der Waals surface area contributed by atoms with Crippen molar-refractivity contribution in [3.05, 3.63) is 75.5 Å². The number of halogens is 1. The van der Waals surface area contributed by atoms with Crippen molar-refractivity contribution in [1.29, 1.82) is 0 Å². The maximum Gasteiger partial charge on any atom is 0.357 e. The van der Waals surface area contributed by atoms with Crippen LogP contribution in [0.4, 0.5) is 11.4 Å². The van der Waals surface area contributed by atoms with Crippen LogP contribution in [0, 0.1) is 20.2 Å². The predicted octanol–water partition coefficient (Wildman–Crippen LogP) is 1.70. The second kappa shape index (κ2) is 6.23. The van der Waals surface area contributed by atoms with Crippen LogP contribution in [0.5, 0.6) is 0 Å². The molecule has 2 aromatic rings. The smallest absolute Gasteiger partial charge is 0.301 e. The number of H-pyrrole nitrogens is 2. The van der Waals surface area contributed by atoms with E-state index in [1.165, 1.54) is 18.2 Å². The van der Waals surface area contributed by atoms with E-state index >= 15 is 0 Å². The second-order valence-electron chi connectivity index (χ2n) is 4.23. The Bertz CT molecular complexity index is 945. The maximum atomic E-state index is 11.4. The molecule has 2 N–H and O–H groups in total. The standard InChI is InChI=1S/C12H7ClN4O6/c13-7-3-1-6(5-9(7)16(20)21)2-4-8-10(17(22)23)11(18)15-12(19)14-8/h1-5H,(H2,14,15,18,19)/b4-2+. The van der Waals surface area contributed by atoms with E-state index in [2.05, 4.69) is 4.98 Å². The van der Waals surface area contributed by atoms with Crippen LogP contribution in [0.2, 0.25) is 5.02 Å².